The van der Waals surface area contributed by atoms with Crippen LogP contribution >= 0.6 is 0 Å². The fourth-order valence-electron chi connectivity index (χ4n) is 6.33. The highest BCUT2D eigenvalue weighted by Gasteiger charge is 2.44. The molecule has 0 bridgehead atoms. The number of hydrogen-bond donors (Lipinski definition) is 6. The van der Waals surface area contributed by atoms with Crippen molar-refractivity contribution in [3.63, 3.8) is 0 Å². The zero-order valence-corrected chi connectivity index (χ0v) is 30.7. The Hall–Kier alpha value is -1.07. The number of aliphatic hydroxyl groups is 5. The van der Waals surface area contributed by atoms with Crippen LogP contribution in [0.25, 0.3) is 0 Å². The number of ether oxygens (including phenoxy) is 2. The van der Waals surface area contributed by atoms with Gasteiger partial charge in [-0.3, -0.25) is 4.79 Å². The average molecular weight is 686 g/mol. The third kappa shape index (κ3) is 21.9. The predicted molar refractivity (Wildman–Crippen MR) is 194 cm³/mol. The molecule has 1 rings (SSSR count). The molecule has 0 aliphatic carbocycles. The van der Waals surface area contributed by atoms with Crippen LogP contribution in [0.1, 0.15) is 174 Å². The van der Waals surface area contributed by atoms with Crippen LogP contribution in [0.4, 0.5) is 0 Å². The maximum Gasteiger partial charge on any atom is 0.220 e. The van der Waals surface area contributed by atoms with Crippen LogP contribution in [0.3, 0.4) is 0 Å². The Balaban J connectivity index is 2.45. The summed E-state index contributed by atoms with van der Waals surface area (Å²) in [7, 11) is 0. The number of rotatable bonds is 32. The molecule has 0 spiro atoms. The van der Waals surface area contributed by atoms with Gasteiger partial charge in [0, 0.05) is 6.42 Å². The molecule has 1 amide bonds. The van der Waals surface area contributed by atoms with Crippen molar-refractivity contribution in [2.75, 3.05) is 13.2 Å². The Kier molecular flexibility index (Phi) is 28.8. The minimum Gasteiger partial charge on any atom is -0.394 e. The summed E-state index contributed by atoms with van der Waals surface area (Å²) in [5, 5.41) is 53.9. The van der Waals surface area contributed by atoms with Crippen molar-refractivity contribution < 1.29 is 39.8 Å². The number of carbonyl (C=O) groups is 1. The van der Waals surface area contributed by atoms with E-state index in [4.69, 9.17) is 9.47 Å². The molecule has 0 aromatic rings. The molecule has 1 aliphatic heterocycles. The molecule has 0 saturated carbocycles. The van der Waals surface area contributed by atoms with Crippen LogP contribution in [0.15, 0.2) is 12.2 Å². The summed E-state index contributed by atoms with van der Waals surface area (Å²) in [5.74, 6) is -0.178. The van der Waals surface area contributed by atoms with E-state index in [1.165, 1.54) is 116 Å². The summed E-state index contributed by atoms with van der Waals surface area (Å²) in [6, 6.07) is -0.796. The number of amides is 1. The molecule has 48 heavy (non-hydrogen) atoms. The molecule has 7 atom stereocenters. The third-order valence-corrected chi connectivity index (χ3v) is 9.61. The second kappa shape index (κ2) is 30.7. The molecule has 2 unspecified atom stereocenters. The Morgan fingerprint density at radius 1 is 0.688 bits per heavy atom. The molecule has 1 fully saturated rings. The lowest BCUT2D eigenvalue weighted by molar-refractivity contribution is -0.302. The van der Waals surface area contributed by atoms with Crippen molar-refractivity contribution >= 4 is 5.91 Å². The van der Waals surface area contributed by atoms with Gasteiger partial charge in [0.1, 0.15) is 24.4 Å². The second-order valence-corrected chi connectivity index (χ2v) is 14.1. The molecule has 9 nitrogen and oxygen atoms in total. The van der Waals surface area contributed by atoms with E-state index in [1.54, 1.807) is 6.08 Å². The monoisotopic (exact) mass is 686 g/mol. The Bertz CT molecular complexity index is 766. The largest absolute Gasteiger partial charge is 0.394 e. The number of aliphatic hydroxyl groups excluding tert-OH is 5. The van der Waals surface area contributed by atoms with E-state index in [0.717, 1.165) is 38.5 Å². The van der Waals surface area contributed by atoms with Crippen LogP contribution in [-0.2, 0) is 14.3 Å². The minimum atomic E-state index is -1.56. The Morgan fingerprint density at radius 2 is 1.15 bits per heavy atom. The first-order valence-corrected chi connectivity index (χ1v) is 19.9. The first kappa shape index (κ1) is 45.0. The topological polar surface area (TPSA) is 149 Å². The summed E-state index contributed by atoms with van der Waals surface area (Å²) < 4.78 is 11.2. The lowest BCUT2D eigenvalue weighted by atomic mass is 9.99. The van der Waals surface area contributed by atoms with Crippen molar-refractivity contribution in [2.45, 2.75) is 217 Å². The zero-order valence-electron chi connectivity index (χ0n) is 30.7. The first-order valence-electron chi connectivity index (χ1n) is 19.9. The molecule has 9 heteroatoms. The van der Waals surface area contributed by atoms with Gasteiger partial charge in [-0.05, 0) is 19.3 Å². The molecule has 0 aromatic heterocycles. The molecule has 1 heterocycles. The van der Waals surface area contributed by atoms with Gasteiger partial charge in [-0.1, -0.05) is 161 Å². The predicted octanol–water partition coefficient (Wildman–Crippen LogP) is 7.00. The summed E-state index contributed by atoms with van der Waals surface area (Å²) in [6.45, 7) is 3.74. The van der Waals surface area contributed by atoms with Crippen molar-refractivity contribution in [1.29, 1.82) is 0 Å². The fourth-order valence-corrected chi connectivity index (χ4v) is 6.33. The molecule has 1 aliphatic rings. The van der Waals surface area contributed by atoms with Gasteiger partial charge < -0.3 is 40.3 Å². The number of hydrogen-bond acceptors (Lipinski definition) is 8. The fraction of sp³-hybridized carbons (Fsp3) is 0.923. The van der Waals surface area contributed by atoms with Crippen molar-refractivity contribution in [3.05, 3.63) is 12.2 Å². The molecule has 6 N–H and O–H groups in total. The molecule has 0 aromatic carbocycles. The second-order valence-electron chi connectivity index (χ2n) is 14.1. The zero-order chi connectivity index (χ0) is 35.2. The lowest BCUT2D eigenvalue weighted by Crippen LogP contribution is -2.60. The molecule has 0 radical (unpaired) electrons. The van der Waals surface area contributed by atoms with Gasteiger partial charge in [-0.15, -0.1) is 0 Å². The highest BCUT2D eigenvalue weighted by atomic mass is 16.7. The average Bonchev–Trinajstić information content (AvgIpc) is 3.08. The van der Waals surface area contributed by atoms with Gasteiger partial charge in [0.25, 0.3) is 0 Å². The van der Waals surface area contributed by atoms with Crippen LogP contribution in [0, 0.1) is 0 Å². The normalized spacial score (nSPS) is 22.7. The van der Waals surface area contributed by atoms with Gasteiger partial charge in [-0.25, -0.2) is 0 Å². The SMILES string of the molecule is CCCCCCCCCCCCC/C=C/C(O)C(CO[C@@H]1O[C@H](CO)[C@H](O)[C@H](O)[C@H]1O)NC(=O)CCCCCCCCCCCCCC. The van der Waals surface area contributed by atoms with Crippen molar-refractivity contribution in [1.82, 2.24) is 5.32 Å². The number of carbonyl (C=O) groups excluding carboxylic acids is 1. The van der Waals surface area contributed by atoms with Gasteiger partial charge in [-0.2, -0.15) is 0 Å². The summed E-state index contributed by atoms with van der Waals surface area (Å²) in [5.41, 5.74) is 0. The Labute approximate surface area is 293 Å². The smallest absolute Gasteiger partial charge is 0.220 e. The van der Waals surface area contributed by atoms with Gasteiger partial charge in [0.2, 0.25) is 5.91 Å². The summed E-state index contributed by atoms with van der Waals surface area (Å²) >= 11 is 0. The number of allylic oxidation sites excluding steroid dienone is 1. The lowest BCUT2D eigenvalue weighted by Gasteiger charge is -2.40. The van der Waals surface area contributed by atoms with Crippen LogP contribution in [0.5, 0.6) is 0 Å². The van der Waals surface area contributed by atoms with E-state index in [9.17, 15) is 30.3 Å². The Morgan fingerprint density at radius 3 is 1.62 bits per heavy atom. The minimum absolute atomic E-state index is 0.178. The molecule has 284 valence electrons. The van der Waals surface area contributed by atoms with E-state index < -0.39 is 49.5 Å². The first-order chi connectivity index (χ1) is 23.3. The highest BCUT2D eigenvalue weighted by Crippen LogP contribution is 2.22. The maximum absolute atomic E-state index is 12.8. The highest BCUT2D eigenvalue weighted by molar-refractivity contribution is 5.76. The van der Waals surface area contributed by atoms with E-state index in [0.29, 0.717) is 6.42 Å². The van der Waals surface area contributed by atoms with E-state index in [-0.39, 0.29) is 12.5 Å². The van der Waals surface area contributed by atoms with Crippen LogP contribution in [0.2, 0.25) is 0 Å². The van der Waals surface area contributed by atoms with Gasteiger partial charge >= 0.3 is 0 Å². The quantitative estimate of drug-likeness (QED) is 0.0328. The van der Waals surface area contributed by atoms with Gasteiger partial charge in [0.15, 0.2) is 6.29 Å². The van der Waals surface area contributed by atoms with Gasteiger partial charge in [0.05, 0.1) is 25.4 Å². The number of nitrogens with one attached hydrogen (secondary N) is 1. The standard InChI is InChI=1S/C39H75NO8/c1-3-5-7-9-11-13-15-17-18-20-22-24-26-28-33(42)32(31-47-39-38(46)37(45)36(44)34(30-41)48-39)40-35(43)29-27-25-23-21-19-16-14-12-10-8-6-4-2/h26,28,32-34,36-39,41-42,44-46H,3-25,27,29-31H2,1-2H3,(H,40,43)/b28-26+/t32?,33?,34-,36+,37+,38-,39-/m1/s1. The van der Waals surface area contributed by atoms with E-state index in [1.807, 2.05) is 6.08 Å². The van der Waals surface area contributed by atoms with Crippen LogP contribution < -0.4 is 5.32 Å². The molecule has 1 saturated heterocycles. The number of unbranched alkanes of at least 4 members (excludes halogenated alkanes) is 22. The van der Waals surface area contributed by atoms with Crippen LogP contribution in [-0.4, -0.2) is 87.5 Å². The maximum atomic E-state index is 12.8. The van der Waals surface area contributed by atoms with Crippen molar-refractivity contribution in [2.24, 2.45) is 0 Å². The molecular weight excluding hydrogens is 610 g/mol. The molecular formula is C39H75NO8. The van der Waals surface area contributed by atoms with E-state index >= 15 is 0 Å². The summed E-state index contributed by atoms with van der Waals surface area (Å²) in [4.78, 5) is 12.8. The van der Waals surface area contributed by atoms with Crippen molar-refractivity contribution in [3.8, 4) is 0 Å². The van der Waals surface area contributed by atoms with E-state index in [2.05, 4.69) is 19.2 Å². The summed E-state index contributed by atoms with van der Waals surface area (Å²) in [6.07, 6.45) is 25.3. The third-order valence-electron chi connectivity index (χ3n) is 9.61.